The molecule has 1 aromatic rings. The van der Waals surface area contributed by atoms with Gasteiger partial charge >= 0.3 is 0 Å². The van der Waals surface area contributed by atoms with Crippen molar-refractivity contribution in [3.63, 3.8) is 0 Å². The van der Waals surface area contributed by atoms with E-state index in [-0.39, 0.29) is 24.0 Å². The maximum Gasteiger partial charge on any atom is 0.191 e. The fourth-order valence-corrected chi connectivity index (χ4v) is 3.42. The third-order valence-electron chi connectivity index (χ3n) is 4.56. The van der Waals surface area contributed by atoms with E-state index in [9.17, 15) is 0 Å². The summed E-state index contributed by atoms with van der Waals surface area (Å²) in [5.41, 5.74) is 1.00. The molecule has 1 aliphatic rings. The maximum atomic E-state index is 6.21. The molecule has 1 fully saturated rings. The largest absolute Gasteiger partial charge is 0.383 e. The predicted molar refractivity (Wildman–Crippen MR) is 121 cm³/mol. The number of methoxy groups -OCH3 is 1. The summed E-state index contributed by atoms with van der Waals surface area (Å²) in [4.78, 5) is 6.76. The molecule has 2 rings (SSSR count). The summed E-state index contributed by atoms with van der Waals surface area (Å²) in [5.74, 6) is 1.48. The van der Waals surface area contributed by atoms with Crippen molar-refractivity contribution >= 4 is 53.1 Å². The number of hydrogen-bond donors (Lipinski definition) is 2. The highest BCUT2D eigenvalue weighted by Gasteiger charge is 2.19. The van der Waals surface area contributed by atoms with Crippen LogP contribution < -0.4 is 10.6 Å². The van der Waals surface area contributed by atoms with E-state index in [1.165, 1.54) is 12.8 Å². The summed E-state index contributed by atoms with van der Waals surface area (Å²) in [7, 11) is 3.54. The van der Waals surface area contributed by atoms with E-state index < -0.39 is 0 Å². The van der Waals surface area contributed by atoms with Gasteiger partial charge in [0.25, 0.3) is 0 Å². The number of nitrogens with zero attached hydrogens (tertiary/aromatic N) is 2. The van der Waals surface area contributed by atoms with Crippen LogP contribution in [-0.4, -0.2) is 57.8 Å². The molecule has 8 heteroatoms. The number of hydrogen-bond acceptors (Lipinski definition) is 3. The summed E-state index contributed by atoms with van der Waals surface area (Å²) in [6.45, 7) is 5.68. The summed E-state index contributed by atoms with van der Waals surface area (Å²) in [5, 5.41) is 8.04. The molecule has 0 radical (unpaired) electrons. The average Bonchev–Trinajstić information content (AvgIpc) is 2.62. The van der Waals surface area contributed by atoms with Crippen molar-refractivity contribution in [3.8, 4) is 0 Å². The zero-order valence-corrected chi connectivity index (χ0v) is 19.3. The molecule has 2 N–H and O–H groups in total. The summed E-state index contributed by atoms with van der Waals surface area (Å²) < 4.78 is 5.15. The van der Waals surface area contributed by atoms with Crippen LogP contribution in [0.5, 0.6) is 0 Å². The lowest BCUT2D eigenvalue weighted by Crippen LogP contribution is -2.43. The SMILES string of the molecule is CN=C(NCc1ccc(Cl)cc1Cl)NCC1CCN(CCOC)CC1.I. The Hall–Kier alpha value is -0.280. The Morgan fingerprint density at radius 3 is 2.62 bits per heavy atom. The van der Waals surface area contributed by atoms with Crippen LogP contribution in [0.25, 0.3) is 0 Å². The van der Waals surface area contributed by atoms with Gasteiger partial charge in [0.2, 0.25) is 0 Å². The molecule has 26 heavy (non-hydrogen) atoms. The Labute approximate surface area is 183 Å². The number of rotatable bonds is 7. The van der Waals surface area contributed by atoms with Gasteiger partial charge in [-0.3, -0.25) is 4.99 Å². The van der Waals surface area contributed by atoms with Gasteiger partial charge < -0.3 is 20.3 Å². The van der Waals surface area contributed by atoms with E-state index in [4.69, 9.17) is 27.9 Å². The monoisotopic (exact) mass is 514 g/mol. The maximum absolute atomic E-state index is 6.21. The van der Waals surface area contributed by atoms with Crippen molar-refractivity contribution in [2.75, 3.05) is 46.9 Å². The van der Waals surface area contributed by atoms with E-state index >= 15 is 0 Å². The minimum Gasteiger partial charge on any atom is -0.383 e. The lowest BCUT2D eigenvalue weighted by Gasteiger charge is -2.32. The molecule has 0 spiro atoms. The Morgan fingerprint density at radius 1 is 1.27 bits per heavy atom. The fourth-order valence-electron chi connectivity index (χ4n) is 2.94. The molecule has 0 amide bonds. The van der Waals surface area contributed by atoms with Crippen LogP contribution in [0.1, 0.15) is 18.4 Å². The minimum atomic E-state index is 0. The van der Waals surface area contributed by atoms with Crippen LogP contribution in [0.2, 0.25) is 10.0 Å². The number of likely N-dealkylation sites (tertiary alicyclic amines) is 1. The Kier molecular flexibility index (Phi) is 11.9. The molecule has 1 aliphatic heterocycles. The molecule has 0 unspecified atom stereocenters. The highest BCUT2D eigenvalue weighted by Crippen LogP contribution is 2.20. The molecule has 1 saturated heterocycles. The van der Waals surface area contributed by atoms with Crippen LogP contribution in [-0.2, 0) is 11.3 Å². The van der Waals surface area contributed by atoms with E-state index in [2.05, 4.69) is 20.5 Å². The second-order valence-corrected chi connectivity index (χ2v) is 7.16. The highest BCUT2D eigenvalue weighted by atomic mass is 127. The predicted octanol–water partition coefficient (Wildman–Crippen LogP) is 3.63. The normalized spacial score (nSPS) is 16.2. The summed E-state index contributed by atoms with van der Waals surface area (Å²) in [6.07, 6.45) is 2.41. The van der Waals surface area contributed by atoms with Gasteiger partial charge in [0, 0.05) is 43.8 Å². The van der Waals surface area contributed by atoms with Crippen LogP contribution in [0, 0.1) is 5.92 Å². The van der Waals surface area contributed by atoms with Crippen LogP contribution in [0.4, 0.5) is 0 Å². The molecule has 5 nitrogen and oxygen atoms in total. The molecular formula is C18H29Cl2IN4O. The zero-order chi connectivity index (χ0) is 18.1. The standard InChI is InChI=1S/C18H28Cl2N4O.HI/c1-21-18(23-13-15-3-4-16(19)11-17(15)20)22-12-14-5-7-24(8-6-14)9-10-25-2;/h3-4,11,14H,5-10,12-13H2,1-2H3,(H2,21,22,23);1H. The third kappa shape index (κ3) is 8.17. The number of halogens is 3. The quantitative estimate of drug-likeness (QED) is 0.331. The number of piperidine rings is 1. The number of guanidine groups is 1. The third-order valence-corrected chi connectivity index (χ3v) is 5.15. The van der Waals surface area contributed by atoms with Gasteiger partial charge in [0.05, 0.1) is 6.61 Å². The molecule has 1 heterocycles. The van der Waals surface area contributed by atoms with Crippen molar-refractivity contribution in [1.82, 2.24) is 15.5 Å². The molecule has 0 saturated carbocycles. The zero-order valence-electron chi connectivity index (χ0n) is 15.4. The van der Waals surface area contributed by atoms with E-state index in [1.807, 2.05) is 12.1 Å². The average molecular weight is 515 g/mol. The molecule has 0 aliphatic carbocycles. The minimum absolute atomic E-state index is 0. The Morgan fingerprint density at radius 2 is 2.00 bits per heavy atom. The first kappa shape index (κ1) is 23.8. The molecule has 0 aromatic heterocycles. The lowest BCUT2D eigenvalue weighted by molar-refractivity contribution is 0.121. The molecular weight excluding hydrogens is 486 g/mol. The van der Waals surface area contributed by atoms with Gasteiger partial charge in [-0.25, -0.2) is 0 Å². The van der Waals surface area contributed by atoms with Crippen molar-refractivity contribution in [3.05, 3.63) is 33.8 Å². The lowest BCUT2D eigenvalue weighted by atomic mass is 9.97. The van der Waals surface area contributed by atoms with Gasteiger partial charge in [-0.1, -0.05) is 29.3 Å². The first-order valence-electron chi connectivity index (χ1n) is 8.72. The number of nitrogens with one attached hydrogen (secondary N) is 2. The van der Waals surface area contributed by atoms with Crippen molar-refractivity contribution in [2.45, 2.75) is 19.4 Å². The topological polar surface area (TPSA) is 48.9 Å². The fraction of sp³-hybridized carbons (Fsp3) is 0.611. The van der Waals surface area contributed by atoms with Crippen LogP contribution in [0.3, 0.4) is 0 Å². The van der Waals surface area contributed by atoms with Gasteiger partial charge in [-0.15, -0.1) is 24.0 Å². The second-order valence-electron chi connectivity index (χ2n) is 6.32. The molecule has 0 bridgehead atoms. The molecule has 0 atom stereocenters. The van der Waals surface area contributed by atoms with E-state index in [1.54, 1.807) is 20.2 Å². The van der Waals surface area contributed by atoms with Crippen molar-refractivity contribution in [2.24, 2.45) is 10.9 Å². The number of ether oxygens (including phenoxy) is 1. The first-order chi connectivity index (χ1) is 12.1. The van der Waals surface area contributed by atoms with E-state index in [0.717, 1.165) is 44.3 Å². The first-order valence-corrected chi connectivity index (χ1v) is 9.47. The van der Waals surface area contributed by atoms with Gasteiger partial charge in [-0.2, -0.15) is 0 Å². The Bertz CT molecular complexity index is 566. The summed E-state index contributed by atoms with van der Waals surface area (Å²) >= 11 is 12.1. The number of aliphatic imine (C=N–C) groups is 1. The van der Waals surface area contributed by atoms with Crippen molar-refractivity contribution in [1.29, 1.82) is 0 Å². The van der Waals surface area contributed by atoms with Crippen LogP contribution in [0.15, 0.2) is 23.2 Å². The molecule has 1 aromatic carbocycles. The summed E-state index contributed by atoms with van der Waals surface area (Å²) in [6, 6.07) is 5.53. The van der Waals surface area contributed by atoms with E-state index in [0.29, 0.717) is 22.5 Å². The van der Waals surface area contributed by atoms with Crippen molar-refractivity contribution < 1.29 is 4.74 Å². The van der Waals surface area contributed by atoms with Gasteiger partial charge in [0.15, 0.2) is 5.96 Å². The smallest absolute Gasteiger partial charge is 0.191 e. The number of benzene rings is 1. The van der Waals surface area contributed by atoms with Gasteiger partial charge in [0.1, 0.15) is 0 Å². The molecule has 148 valence electrons. The Balaban J connectivity index is 0.00000338. The van der Waals surface area contributed by atoms with Crippen LogP contribution >= 0.6 is 47.2 Å². The van der Waals surface area contributed by atoms with Gasteiger partial charge in [-0.05, 0) is 49.5 Å². The highest BCUT2D eigenvalue weighted by molar-refractivity contribution is 14.0. The second kappa shape index (κ2) is 13.0.